The van der Waals surface area contributed by atoms with Crippen LogP contribution in [0, 0.1) is 0 Å². The van der Waals surface area contributed by atoms with Crippen LogP contribution >= 0.6 is 0 Å². The van der Waals surface area contributed by atoms with Gasteiger partial charge in [0.05, 0.1) is 11.7 Å². The number of nitrogens with two attached hydrogens (primary N) is 1. The molecule has 4 nitrogen and oxygen atoms in total. The van der Waals surface area contributed by atoms with Crippen molar-refractivity contribution in [3.63, 3.8) is 0 Å². The molecule has 1 heterocycles. The monoisotopic (exact) mass is 237 g/mol. The largest absolute Gasteiger partial charge is 0.393 e. The number of aromatic amines is 1. The summed E-state index contributed by atoms with van der Waals surface area (Å²) in [6, 6.07) is 0.319. The number of nitrogens with zero attached hydrogens (tertiary/aromatic N) is 1. The molecule has 4 heteroatoms. The number of H-pyrrole nitrogens is 1. The third kappa shape index (κ3) is 2.40. The van der Waals surface area contributed by atoms with Crippen LogP contribution in [0.2, 0.25) is 0 Å². The number of aromatic nitrogens is 2. The van der Waals surface area contributed by atoms with Gasteiger partial charge in [-0.3, -0.25) is 9.89 Å². The molecule has 0 radical (unpaired) electrons. The fourth-order valence-corrected chi connectivity index (χ4v) is 2.70. The zero-order valence-electron chi connectivity index (χ0n) is 10.8. The number of hydrogen-bond acceptors (Lipinski definition) is 2. The molecule has 1 aromatic heterocycles. The van der Waals surface area contributed by atoms with Gasteiger partial charge in [0.15, 0.2) is 0 Å². The van der Waals surface area contributed by atoms with Gasteiger partial charge in [-0.1, -0.05) is 39.5 Å². The molecule has 1 aliphatic carbocycles. The summed E-state index contributed by atoms with van der Waals surface area (Å²) in [5.41, 5.74) is 7.15. The van der Waals surface area contributed by atoms with Gasteiger partial charge < -0.3 is 5.73 Å². The average molecular weight is 237 g/mol. The van der Waals surface area contributed by atoms with Crippen molar-refractivity contribution in [2.75, 3.05) is 5.73 Å². The van der Waals surface area contributed by atoms with E-state index in [9.17, 15) is 4.79 Å². The van der Waals surface area contributed by atoms with Gasteiger partial charge in [-0.05, 0) is 18.8 Å². The minimum Gasteiger partial charge on any atom is -0.393 e. The van der Waals surface area contributed by atoms with Crippen LogP contribution in [0.25, 0.3) is 0 Å². The normalized spacial score (nSPS) is 18.5. The van der Waals surface area contributed by atoms with Crippen LogP contribution in [-0.4, -0.2) is 9.78 Å². The number of nitrogen functional groups attached to an aromatic ring is 1. The van der Waals surface area contributed by atoms with Crippen LogP contribution in [0.3, 0.4) is 0 Å². The predicted octanol–water partition coefficient (Wildman–Crippen LogP) is 2.78. The van der Waals surface area contributed by atoms with E-state index in [0.29, 0.717) is 11.7 Å². The molecule has 0 aromatic carbocycles. The van der Waals surface area contributed by atoms with E-state index >= 15 is 0 Å². The Hall–Kier alpha value is -1.19. The second-order valence-corrected chi connectivity index (χ2v) is 5.41. The van der Waals surface area contributed by atoms with Crippen molar-refractivity contribution < 1.29 is 0 Å². The lowest BCUT2D eigenvalue weighted by molar-refractivity contribution is 0.393. The first-order chi connectivity index (χ1) is 8.11. The number of anilines is 1. The zero-order valence-corrected chi connectivity index (χ0v) is 10.8. The zero-order chi connectivity index (χ0) is 12.4. The molecule has 17 heavy (non-hydrogen) atoms. The highest BCUT2D eigenvalue weighted by Gasteiger charge is 2.20. The lowest BCUT2D eigenvalue weighted by atomic mass is 10.1. The Labute approximate surface area is 102 Å². The van der Waals surface area contributed by atoms with Crippen molar-refractivity contribution >= 4 is 5.69 Å². The van der Waals surface area contributed by atoms with Crippen LogP contribution in [0.4, 0.5) is 5.69 Å². The molecule has 3 N–H and O–H groups in total. The lowest BCUT2D eigenvalue weighted by Crippen LogP contribution is -2.23. The van der Waals surface area contributed by atoms with Crippen molar-refractivity contribution in [3.8, 4) is 0 Å². The van der Waals surface area contributed by atoms with Gasteiger partial charge >= 0.3 is 0 Å². The minimum atomic E-state index is -0.0272. The summed E-state index contributed by atoms with van der Waals surface area (Å²) in [6.07, 6.45) is 7.20. The molecule has 1 aromatic rings. The molecule has 0 unspecified atom stereocenters. The van der Waals surface area contributed by atoms with Gasteiger partial charge in [0.2, 0.25) is 0 Å². The maximum atomic E-state index is 12.1. The first-order valence-corrected chi connectivity index (χ1v) is 6.71. The van der Waals surface area contributed by atoms with Crippen molar-refractivity contribution in [2.24, 2.45) is 0 Å². The topological polar surface area (TPSA) is 63.8 Å². The van der Waals surface area contributed by atoms with Gasteiger partial charge in [0.1, 0.15) is 5.69 Å². The van der Waals surface area contributed by atoms with E-state index in [2.05, 4.69) is 18.9 Å². The van der Waals surface area contributed by atoms with Crippen molar-refractivity contribution in [3.05, 3.63) is 16.0 Å². The Kier molecular flexibility index (Phi) is 3.60. The highest BCUT2D eigenvalue weighted by Crippen LogP contribution is 2.27. The van der Waals surface area contributed by atoms with E-state index < -0.39 is 0 Å². The molecule has 96 valence electrons. The minimum absolute atomic E-state index is 0.0272. The summed E-state index contributed by atoms with van der Waals surface area (Å²) in [7, 11) is 0. The Morgan fingerprint density at radius 2 is 1.82 bits per heavy atom. The van der Waals surface area contributed by atoms with Crippen LogP contribution < -0.4 is 11.3 Å². The Balaban J connectivity index is 2.31. The molecule has 0 atom stereocenters. The van der Waals surface area contributed by atoms with Crippen LogP contribution in [0.1, 0.15) is 70.0 Å². The molecule has 1 saturated carbocycles. The van der Waals surface area contributed by atoms with Gasteiger partial charge in [-0.25, -0.2) is 4.68 Å². The van der Waals surface area contributed by atoms with E-state index in [1.807, 2.05) is 0 Å². The molecule has 0 amide bonds. The number of hydrogen-bond donors (Lipinski definition) is 2. The Bertz CT molecular complexity index is 422. The highest BCUT2D eigenvalue weighted by atomic mass is 16.1. The highest BCUT2D eigenvalue weighted by molar-refractivity contribution is 5.42. The second-order valence-electron chi connectivity index (χ2n) is 5.41. The SMILES string of the molecule is CC(C)c1[nH]n(C2CCCCCC2)c(=O)c1N. The summed E-state index contributed by atoms with van der Waals surface area (Å²) in [5.74, 6) is 0.273. The third-order valence-electron chi connectivity index (χ3n) is 3.75. The van der Waals surface area contributed by atoms with Gasteiger partial charge in [-0.15, -0.1) is 0 Å². The first-order valence-electron chi connectivity index (χ1n) is 6.71. The number of nitrogens with one attached hydrogen (secondary N) is 1. The average Bonchev–Trinajstić information content (AvgIpc) is 2.52. The van der Waals surface area contributed by atoms with Crippen LogP contribution in [-0.2, 0) is 0 Å². The summed E-state index contributed by atoms with van der Waals surface area (Å²) < 4.78 is 1.77. The molecule has 1 aliphatic rings. The maximum absolute atomic E-state index is 12.1. The standard InChI is InChI=1S/C13H23N3O/c1-9(2)12-11(14)13(17)16(15-12)10-7-5-3-4-6-8-10/h9-10,15H,3-8,14H2,1-2H3. The van der Waals surface area contributed by atoms with Crippen molar-refractivity contribution in [1.29, 1.82) is 0 Å². The van der Waals surface area contributed by atoms with Crippen molar-refractivity contribution in [1.82, 2.24) is 9.78 Å². The Morgan fingerprint density at radius 3 is 2.29 bits per heavy atom. The van der Waals surface area contributed by atoms with E-state index in [-0.39, 0.29) is 11.5 Å². The lowest BCUT2D eigenvalue weighted by Gasteiger charge is -2.14. The predicted molar refractivity (Wildman–Crippen MR) is 70.3 cm³/mol. The summed E-state index contributed by atoms with van der Waals surface area (Å²) in [6.45, 7) is 4.11. The smallest absolute Gasteiger partial charge is 0.290 e. The van der Waals surface area contributed by atoms with E-state index in [1.54, 1.807) is 4.68 Å². The van der Waals surface area contributed by atoms with Gasteiger partial charge in [0, 0.05) is 0 Å². The molecule has 2 rings (SSSR count). The third-order valence-corrected chi connectivity index (χ3v) is 3.75. The van der Waals surface area contributed by atoms with Gasteiger partial charge in [-0.2, -0.15) is 0 Å². The fourth-order valence-electron chi connectivity index (χ4n) is 2.70. The second kappa shape index (κ2) is 4.98. The first kappa shape index (κ1) is 12.3. The van der Waals surface area contributed by atoms with E-state index in [1.165, 1.54) is 25.7 Å². The summed E-state index contributed by atoms with van der Waals surface area (Å²) in [4.78, 5) is 12.1. The number of rotatable bonds is 2. The van der Waals surface area contributed by atoms with E-state index in [0.717, 1.165) is 18.5 Å². The molecular formula is C13H23N3O. The fraction of sp³-hybridized carbons (Fsp3) is 0.769. The molecule has 0 aliphatic heterocycles. The molecule has 0 saturated heterocycles. The maximum Gasteiger partial charge on any atom is 0.290 e. The molecule has 0 bridgehead atoms. The molecule has 1 fully saturated rings. The van der Waals surface area contributed by atoms with Crippen molar-refractivity contribution in [2.45, 2.75) is 64.3 Å². The quantitative estimate of drug-likeness (QED) is 0.777. The van der Waals surface area contributed by atoms with Crippen LogP contribution in [0.15, 0.2) is 4.79 Å². The van der Waals surface area contributed by atoms with Crippen LogP contribution in [0.5, 0.6) is 0 Å². The summed E-state index contributed by atoms with van der Waals surface area (Å²) in [5, 5.41) is 3.23. The summed E-state index contributed by atoms with van der Waals surface area (Å²) >= 11 is 0. The Morgan fingerprint density at radius 1 is 1.24 bits per heavy atom. The van der Waals surface area contributed by atoms with E-state index in [4.69, 9.17) is 5.73 Å². The van der Waals surface area contributed by atoms with Gasteiger partial charge in [0.25, 0.3) is 5.56 Å². The molecular weight excluding hydrogens is 214 g/mol. The molecule has 0 spiro atoms.